The Bertz CT molecular complexity index is 141. The first-order valence-electron chi connectivity index (χ1n) is 1.90. The van der Waals surface area contributed by atoms with Crippen LogP contribution < -0.4 is 0 Å². The molecule has 5 nitrogen and oxygen atoms in total. The van der Waals surface area contributed by atoms with Gasteiger partial charge in [-0.05, 0) is 0 Å². The summed E-state index contributed by atoms with van der Waals surface area (Å²) in [6.45, 7) is 3.02. The van der Waals surface area contributed by atoms with Crippen LogP contribution in [0.3, 0.4) is 0 Å². The van der Waals surface area contributed by atoms with Crippen LogP contribution in [0, 0.1) is 0 Å². The third kappa shape index (κ3) is 5.52. The van der Waals surface area contributed by atoms with E-state index in [1.807, 2.05) is 0 Å². The van der Waals surface area contributed by atoms with Crippen LogP contribution in [0.15, 0.2) is 12.7 Å². The molecule has 0 spiro atoms. The van der Waals surface area contributed by atoms with Gasteiger partial charge in [-0.15, -0.1) is 0 Å². The van der Waals surface area contributed by atoms with E-state index in [4.69, 9.17) is 3.69 Å². The Morgan fingerprint density at radius 3 is 2.67 bits per heavy atom. The molecule has 0 aromatic rings. The van der Waals surface area contributed by atoms with E-state index < -0.39 is 24.6 Å². The van der Waals surface area contributed by atoms with Crippen molar-refractivity contribution >= 4 is 5.97 Å². The summed E-state index contributed by atoms with van der Waals surface area (Å²) < 4.78 is 21.4. The molecule has 0 bridgehead atoms. The van der Waals surface area contributed by atoms with Gasteiger partial charge in [-0.1, -0.05) is 0 Å². The first-order valence-corrected chi connectivity index (χ1v) is 3.88. The second kappa shape index (κ2) is 4.52. The van der Waals surface area contributed by atoms with E-state index in [0.717, 1.165) is 6.08 Å². The third-order valence-corrected chi connectivity index (χ3v) is 0.715. The molecule has 9 heavy (non-hydrogen) atoms. The van der Waals surface area contributed by atoms with Gasteiger partial charge in [0.2, 0.25) is 0 Å². The van der Waals surface area contributed by atoms with Crippen LogP contribution in [0.25, 0.3) is 0 Å². The summed E-state index contributed by atoms with van der Waals surface area (Å²) in [6.07, 6.45) is 0.821. The maximum absolute atomic E-state index is 10.0. The van der Waals surface area contributed by atoms with Gasteiger partial charge in [0.25, 0.3) is 0 Å². The molecular weight excluding hydrogens is 164 g/mol. The van der Waals surface area contributed by atoms with Crippen molar-refractivity contribution in [2.24, 2.45) is 0 Å². The van der Waals surface area contributed by atoms with E-state index in [2.05, 4.69) is 14.9 Å². The number of hydrogen-bond acceptors (Lipinski definition) is 4. The monoisotopic (exact) mass is 168 g/mol. The summed E-state index contributed by atoms with van der Waals surface area (Å²) in [5.41, 5.74) is 0. The molecule has 0 radical (unpaired) electrons. The molecule has 0 atom stereocenters. The fraction of sp³-hybridized carbons (Fsp3) is 0. The second-order valence-electron chi connectivity index (χ2n) is 0.956. The first kappa shape index (κ1) is 8.64. The molecule has 0 aliphatic carbocycles. The van der Waals surface area contributed by atoms with E-state index in [1.165, 1.54) is 0 Å². The van der Waals surface area contributed by atoms with Crippen LogP contribution in [0.4, 0.5) is 0 Å². The average molecular weight is 168 g/mol. The van der Waals surface area contributed by atoms with E-state index in [1.54, 1.807) is 0 Å². The number of carbonyl (C=O) groups is 1. The van der Waals surface area contributed by atoms with Gasteiger partial charge in [0.15, 0.2) is 0 Å². The molecule has 0 aromatic heterocycles. The normalized spacial score (nSPS) is 8.11. The van der Waals surface area contributed by atoms with Gasteiger partial charge >= 0.3 is 57.4 Å². The van der Waals surface area contributed by atoms with E-state index >= 15 is 0 Å². The van der Waals surface area contributed by atoms with Gasteiger partial charge in [0.1, 0.15) is 0 Å². The van der Waals surface area contributed by atoms with Gasteiger partial charge < -0.3 is 0 Å². The molecule has 0 saturated carbocycles. The molecule has 0 rings (SSSR count). The molecule has 0 aliphatic rings. The Morgan fingerprint density at radius 1 is 1.78 bits per heavy atom. The standard InChI is InChI=1S/C3H4O3.H2O.O.Ti/c1-2-3(4)6-5;;;/h2,5H,1H2;1H2;;/q;;;+2/p-2. The zero-order valence-corrected chi connectivity index (χ0v) is 5.93. The first-order chi connectivity index (χ1) is 4.16. The quantitative estimate of drug-likeness (QED) is 0.264. The summed E-state index contributed by atoms with van der Waals surface area (Å²) >= 11 is -3.71. The van der Waals surface area contributed by atoms with Crippen LogP contribution in [0.1, 0.15) is 0 Å². The molecular formula is C3H4O5Ti. The van der Waals surface area contributed by atoms with Gasteiger partial charge in [-0.25, -0.2) is 0 Å². The van der Waals surface area contributed by atoms with E-state index in [9.17, 15) is 8.12 Å². The van der Waals surface area contributed by atoms with E-state index in [-0.39, 0.29) is 0 Å². The van der Waals surface area contributed by atoms with Crippen LogP contribution in [0.5, 0.6) is 0 Å². The maximum atomic E-state index is 10.0. The SMILES string of the molecule is C=CC(=O)O[O][Ti](=[O])[OH]. The molecule has 0 aromatic carbocycles. The van der Waals surface area contributed by atoms with Crippen molar-refractivity contribution in [1.82, 2.24) is 0 Å². The molecule has 0 amide bonds. The molecule has 0 unspecified atom stereocenters. The molecule has 0 saturated heterocycles. The van der Waals surface area contributed by atoms with E-state index in [0.29, 0.717) is 0 Å². The Hall–Kier alpha value is -0.356. The number of rotatable bonds is 3. The minimum atomic E-state index is -3.71. The zero-order chi connectivity index (χ0) is 7.28. The Kier molecular flexibility index (Phi) is 4.34. The summed E-state index contributed by atoms with van der Waals surface area (Å²) in [5.74, 6) is -0.884. The van der Waals surface area contributed by atoms with Crippen molar-refractivity contribution in [2.45, 2.75) is 0 Å². The third-order valence-electron chi connectivity index (χ3n) is 0.362. The summed E-state index contributed by atoms with van der Waals surface area (Å²) in [5, 5.41) is 0. The molecule has 1 N–H and O–H groups in total. The summed E-state index contributed by atoms with van der Waals surface area (Å²) in [6, 6.07) is 0. The topological polar surface area (TPSA) is 72.8 Å². The fourth-order valence-electron chi connectivity index (χ4n) is 0.111. The predicted molar refractivity (Wildman–Crippen MR) is 20.3 cm³/mol. The van der Waals surface area contributed by atoms with Crippen LogP contribution in [0.2, 0.25) is 0 Å². The summed E-state index contributed by atoms with van der Waals surface area (Å²) in [7, 11) is 0. The second-order valence-corrected chi connectivity index (χ2v) is 2.05. The molecule has 0 aliphatic heterocycles. The zero-order valence-electron chi connectivity index (χ0n) is 4.36. The Morgan fingerprint density at radius 2 is 2.33 bits per heavy atom. The van der Waals surface area contributed by atoms with Crippen molar-refractivity contribution in [3.05, 3.63) is 12.7 Å². The number of hydrogen-bond donors (Lipinski definition) is 1. The molecule has 0 fully saturated rings. The molecule has 0 heterocycles. The number of carbonyl (C=O) groups excluding carboxylic acids is 1. The van der Waals surface area contributed by atoms with Gasteiger partial charge in [0, 0.05) is 0 Å². The van der Waals surface area contributed by atoms with Gasteiger partial charge in [-0.2, -0.15) is 0 Å². The van der Waals surface area contributed by atoms with Crippen molar-refractivity contribution in [3.8, 4) is 0 Å². The van der Waals surface area contributed by atoms with Crippen molar-refractivity contribution in [1.29, 1.82) is 0 Å². The van der Waals surface area contributed by atoms with Gasteiger partial charge in [0.05, 0.1) is 0 Å². The minimum absolute atomic E-state index is 0.821. The van der Waals surface area contributed by atoms with Gasteiger partial charge in [-0.3, -0.25) is 0 Å². The Balaban J connectivity index is 3.39. The van der Waals surface area contributed by atoms with Crippen molar-refractivity contribution in [3.63, 3.8) is 0 Å². The van der Waals surface area contributed by atoms with Crippen molar-refractivity contribution < 1.29 is 38.8 Å². The van der Waals surface area contributed by atoms with Crippen molar-refractivity contribution in [2.75, 3.05) is 0 Å². The predicted octanol–water partition coefficient (Wildman–Crippen LogP) is -0.567. The van der Waals surface area contributed by atoms with Crippen LogP contribution in [-0.2, 0) is 35.1 Å². The van der Waals surface area contributed by atoms with Crippen LogP contribution >= 0.6 is 0 Å². The molecule has 6 heteroatoms. The summed E-state index contributed by atoms with van der Waals surface area (Å²) in [4.78, 5) is 13.7. The average Bonchev–Trinajstić information content (AvgIpc) is 1.83. The molecule has 50 valence electrons. The van der Waals surface area contributed by atoms with Crippen LogP contribution in [-0.4, -0.2) is 9.66 Å². The fourth-order valence-corrected chi connectivity index (χ4v) is 0.350. The Labute approximate surface area is 57.9 Å².